The van der Waals surface area contributed by atoms with Crippen LogP contribution >= 0.6 is 7.14 Å². The molecule has 0 aliphatic rings. The molecule has 0 saturated carbocycles. The summed E-state index contributed by atoms with van der Waals surface area (Å²) in [6.45, 7) is 4.82. The first-order valence-electron chi connectivity index (χ1n) is 2.54. The quantitative estimate of drug-likeness (QED) is 0.502. The molecule has 0 aliphatic carbocycles. The normalized spacial score (nSPS) is 10.2. The molecule has 0 spiro atoms. The molecule has 0 aromatic carbocycles. The van der Waals surface area contributed by atoms with Crippen molar-refractivity contribution in [2.45, 2.75) is 6.42 Å². The van der Waals surface area contributed by atoms with Crippen LogP contribution < -0.4 is 0 Å². The van der Waals surface area contributed by atoms with Crippen LogP contribution in [0.15, 0.2) is 0 Å². The first kappa shape index (κ1) is 13.3. The van der Waals surface area contributed by atoms with E-state index in [0.717, 1.165) is 0 Å². The van der Waals surface area contributed by atoms with Gasteiger partial charge in [-0.3, -0.25) is 4.79 Å². The van der Waals surface area contributed by atoms with Gasteiger partial charge in [-0.05, 0) is 6.66 Å². The Kier molecular flexibility index (Phi) is 7.13. The number of rotatable bonds is 3. The van der Waals surface area contributed by atoms with E-state index in [1.165, 1.54) is 6.66 Å². The average molecular weight is 173 g/mol. The monoisotopic (exact) mass is 173 g/mol. The number of aliphatic carboxylic acids is 1. The van der Waals surface area contributed by atoms with E-state index in [2.05, 4.69) is 6.66 Å². The Bertz CT molecular complexity index is 151. The van der Waals surface area contributed by atoms with Crippen LogP contribution in [0.3, 0.4) is 0 Å². The Morgan fingerprint density at radius 1 is 1.70 bits per heavy atom. The van der Waals surface area contributed by atoms with Crippen molar-refractivity contribution in [2.75, 3.05) is 12.8 Å². The topological polar surface area (TPSA) is 54.4 Å². The summed E-state index contributed by atoms with van der Waals surface area (Å²) in [5, 5.41) is 8.13. The Morgan fingerprint density at radius 2 is 2.10 bits per heavy atom. The van der Waals surface area contributed by atoms with Gasteiger partial charge in [-0.25, -0.2) is 0 Å². The molecule has 0 aromatic heterocycles. The summed E-state index contributed by atoms with van der Waals surface area (Å²) >= 11 is 0. The third-order valence-corrected chi connectivity index (χ3v) is 1.97. The maximum atomic E-state index is 10.7. The Morgan fingerprint density at radius 3 is 2.20 bits per heavy atom. The van der Waals surface area contributed by atoms with Crippen molar-refractivity contribution >= 4 is 42.7 Å². The molecule has 1 unspecified atom stereocenters. The number of carboxylic acid groups (broad SMARTS) is 1. The van der Waals surface area contributed by atoms with Crippen LogP contribution in [0.4, 0.5) is 0 Å². The predicted molar refractivity (Wildman–Crippen MR) is 43.2 cm³/mol. The van der Waals surface area contributed by atoms with E-state index in [1.54, 1.807) is 0 Å². The van der Waals surface area contributed by atoms with Gasteiger partial charge in [0.15, 0.2) is 0 Å². The first-order valence-corrected chi connectivity index (χ1v) is 5.07. The average Bonchev–Trinajstić information content (AvgIpc) is 1.59. The van der Waals surface area contributed by atoms with Gasteiger partial charge in [-0.15, -0.1) is 0 Å². The van der Waals surface area contributed by atoms with E-state index >= 15 is 0 Å². The molecule has 1 radical (unpaired) electrons. The second kappa shape index (κ2) is 5.36. The molecule has 1 atom stereocenters. The molecule has 55 valence electrons. The number of carboxylic acids is 1. The molecule has 0 rings (SSSR count). The molecule has 3 nitrogen and oxygen atoms in total. The summed E-state index contributed by atoms with van der Waals surface area (Å²) in [5.74, 6) is -0.916. The van der Waals surface area contributed by atoms with Crippen LogP contribution in [0.1, 0.15) is 6.42 Å². The summed E-state index contributed by atoms with van der Waals surface area (Å²) in [4.78, 5) is 9.90. The molecule has 0 aliphatic heterocycles. The van der Waals surface area contributed by atoms with Gasteiger partial charge in [-0.2, -0.15) is 0 Å². The van der Waals surface area contributed by atoms with Crippen LogP contribution in [-0.2, 0) is 9.36 Å². The molecule has 0 heterocycles. The number of hydrogen-bond acceptors (Lipinski definition) is 2. The number of hydrogen-bond donors (Lipinski definition) is 1. The Hall–Kier alpha value is 0.700. The Labute approximate surface area is 82.9 Å². The maximum absolute atomic E-state index is 10.7. The van der Waals surface area contributed by atoms with Crippen molar-refractivity contribution in [1.82, 2.24) is 0 Å². The van der Waals surface area contributed by atoms with E-state index in [0.29, 0.717) is 0 Å². The van der Waals surface area contributed by atoms with Crippen molar-refractivity contribution in [3.63, 3.8) is 0 Å². The molecule has 0 saturated heterocycles. The third-order valence-electron chi connectivity index (χ3n) is 0.799. The summed E-state index contributed by atoms with van der Waals surface area (Å²) in [6, 6.07) is 0. The fourth-order valence-corrected chi connectivity index (χ4v) is 0.996. The first-order chi connectivity index (χ1) is 3.92. The number of carbonyl (C=O) groups is 1. The van der Waals surface area contributed by atoms with Crippen LogP contribution in [0.5, 0.6) is 0 Å². The van der Waals surface area contributed by atoms with Crippen LogP contribution in [0.2, 0.25) is 0 Å². The molecular formula is C5H11NaO3P. The molecule has 0 fully saturated rings. The van der Waals surface area contributed by atoms with Gasteiger partial charge in [0.2, 0.25) is 0 Å². The van der Waals surface area contributed by atoms with E-state index in [1.807, 2.05) is 0 Å². The van der Waals surface area contributed by atoms with Gasteiger partial charge < -0.3 is 9.67 Å². The zero-order chi connectivity index (χ0) is 7.49. The van der Waals surface area contributed by atoms with Gasteiger partial charge >= 0.3 is 35.5 Å². The molecule has 0 amide bonds. The van der Waals surface area contributed by atoms with E-state index in [4.69, 9.17) is 5.11 Å². The second-order valence-corrected chi connectivity index (χ2v) is 5.21. The Balaban J connectivity index is 0. The van der Waals surface area contributed by atoms with Crippen molar-refractivity contribution < 1.29 is 14.5 Å². The van der Waals surface area contributed by atoms with E-state index in [9.17, 15) is 9.36 Å². The fraction of sp³-hybridized carbons (Fsp3) is 0.600. The molecule has 10 heavy (non-hydrogen) atoms. The van der Waals surface area contributed by atoms with Gasteiger partial charge in [0.05, 0.1) is 13.6 Å². The van der Waals surface area contributed by atoms with Gasteiger partial charge in [0.25, 0.3) is 0 Å². The molecule has 0 bridgehead atoms. The third kappa shape index (κ3) is 11.5. The van der Waals surface area contributed by atoms with E-state index in [-0.39, 0.29) is 42.1 Å². The molecule has 5 heteroatoms. The zero-order valence-corrected chi connectivity index (χ0v) is 6.23. The summed E-state index contributed by atoms with van der Waals surface area (Å²) < 4.78 is 10.7. The van der Waals surface area contributed by atoms with Gasteiger partial charge in [0, 0.05) is 12.8 Å². The summed E-state index contributed by atoms with van der Waals surface area (Å²) in [7, 11) is -2.35. The second-order valence-electron chi connectivity index (χ2n) is 2.16. The van der Waals surface area contributed by atoms with Crippen LogP contribution in [0.25, 0.3) is 0 Å². The van der Waals surface area contributed by atoms with Crippen LogP contribution in [0, 0.1) is 6.66 Å². The fourth-order valence-electron chi connectivity index (χ4n) is 0.332. The minimum atomic E-state index is -2.35. The summed E-state index contributed by atoms with van der Waals surface area (Å²) in [5.41, 5.74) is 0. The molecular weight excluding hydrogens is 162 g/mol. The van der Waals surface area contributed by atoms with Crippen LogP contribution in [-0.4, -0.2) is 53.5 Å². The summed E-state index contributed by atoms with van der Waals surface area (Å²) in [6.07, 6.45) is 0.152. The zero-order valence-electron chi connectivity index (χ0n) is 5.33. The van der Waals surface area contributed by atoms with Crippen molar-refractivity contribution in [2.24, 2.45) is 0 Å². The molecule has 1 N–H and O–H groups in total. The van der Waals surface area contributed by atoms with Crippen molar-refractivity contribution in [1.29, 1.82) is 0 Å². The SMILES string of the molecule is [CH2]P(C)(=O)CCC(=O)O.[NaH]. The predicted octanol–water partition coefficient (Wildman–Crippen LogP) is 0.597. The standard InChI is InChI=1S/C5H10O3P.Na.H/c1-9(2,8)4-3-5(6)7;;/h1,3-4H2,2H3,(H,6,7);;. The molecule has 0 aromatic rings. The van der Waals surface area contributed by atoms with E-state index < -0.39 is 13.1 Å². The van der Waals surface area contributed by atoms with Gasteiger partial charge in [-0.1, -0.05) is 0 Å². The van der Waals surface area contributed by atoms with Crippen molar-refractivity contribution in [3.05, 3.63) is 6.66 Å². The minimum absolute atomic E-state index is 0. The van der Waals surface area contributed by atoms with Gasteiger partial charge in [0.1, 0.15) is 0 Å². The van der Waals surface area contributed by atoms with Crippen molar-refractivity contribution in [3.8, 4) is 0 Å².